The molecule has 3 rings (SSSR count). The van der Waals surface area contributed by atoms with Crippen LogP contribution in [0.3, 0.4) is 0 Å². The summed E-state index contributed by atoms with van der Waals surface area (Å²) < 4.78 is 5.20. The smallest absolute Gasteiger partial charge is 0.317 e. The van der Waals surface area contributed by atoms with Crippen molar-refractivity contribution in [1.29, 1.82) is 0 Å². The Morgan fingerprint density at radius 1 is 1.25 bits per heavy atom. The van der Waals surface area contributed by atoms with E-state index in [9.17, 15) is 4.79 Å². The highest BCUT2D eigenvalue weighted by Crippen LogP contribution is 2.43. The highest BCUT2D eigenvalue weighted by Gasteiger charge is 2.41. The van der Waals surface area contributed by atoms with E-state index in [-0.39, 0.29) is 6.54 Å². The lowest BCUT2D eigenvalue weighted by molar-refractivity contribution is -0.139. The molecule has 0 saturated carbocycles. The van der Waals surface area contributed by atoms with Crippen LogP contribution in [0.5, 0.6) is 5.75 Å². The fraction of sp³-hybridized carbons (Fsp3) is 0.562. The molecule has 0 spiro atoms. The Labute approximate surface area is 119 Å². The van der Waals surface area contributed by atoms with E-state index >= 15 is 0 Å². The monoisotopic (exact) mass is 275 g/mol. The van der Waals surface area contributed by atoms with Crippen molar-refractivity contribution in [3.63, 3.8) is 0 Å². The molecule has 0 aliphatic carbocycles. The number of fused-ring (bicyclic) bond motifs is 2. The van der Waals surface area contributed by atoms with Crippen molar-refractivity contribution in [2.45, 2.75) is 43.7 Å². The molecule has 108 valence electrons. The predicted molar refractivity (Wildman–Crippen MR) is 76.1 cm³/mol. The third kappa shape index (κ3) is 2.52. The number of piperidine rings is 1. The van der Waals surface area contributed by atoms with Gasteiger partial charge in [-0.05, 0) is 49.3 Å². The van der Waals surface area contributed by atoms with E-state index < -0.39 is 5.97 Å². The zero-order chi connectivity index (χ0) is 14.1. The number of carbonyl (C=O) groups is 1. The first-order valence-electron chi connectivity index (χ1n) is 7.29. The minimum atomic E-state index is -0.704. The summed E-state index contributed by atoms with van der Waals surface area (Å²) in [6.07, 6.45) is 4.45. The summed E-state index contributed by atoms with van der Waals surface area (Å²) >= 11 is 0. The predicted octanol–water partition coefficient (Wildman–Crippen LogP) is 2.49. The molecule has 1 N–H and O–H groups in total. The number of aliphatic carboxylic acids is 1. The topological polar surface area (TPSA) is 49.8 Å². The van der Waals surface area contributed by atoms with Crippen LogP contribution < -0.4 is 4.74 Å². The second-order valence-electron chi connectivity index (χ2n) is 5.89. The molecule has 2 saturated heterocycles. The van der Waals surface area contributed by atoms with Gasteiger partial charge in [-0.1, -0.05) is 12.1 Å². The van der Waals surface area contributed by atoms with Crippen molar-refractivity contribution >= 4 is 5.97 Å². The van der Waals surface area contributed by atoms with Gasteiger partial charge in [-0.3, -0.25) is 9.69 Å². The van der Waals surface area contributed by atoms with Crippen LogP contribution in [0.25, 0.3) is 0 Å². The second kappa shape index (κ2) is 5.44. The molecule has 2 bridgehead atoms. The number of carboxylic acid groups (broad SMARTS) is 1. The summed E-state index contributed by atoms with van der Waals surface area (Å²) in [5.74, 6) is 0.744. The maximum absolute atomic E-state index is 11.0. The molecule has 1 unspecified atom stereocenters. The molecule has 3 atom stereocenters. The van der Waals surface area contributed by atoms with Crippen LogP contribution in [0.15, 0.2) is 24.3 Å². The highest BCUT2D eigenvalue weighted by atomic mass is 16.5. The lowest BCUT2D eigenvalue weighted by atomic mass is 9.85. The van der Waals surface area contributed by atoms with Crippen molar-refractivity contribution in [3.05, 3.63) is 29.8 Å². The number of methoxy groups -OCH3 is 1. The zero-order valence-electron chi connectivity index (χ0n) is 11.8. The SMILES string of the molecule is COc1ccc(C2C[C@H]3CC[C@@H](C2)N3CC(=O)O)cc1. The van der Waals surface area contributed by atoms with E-state index in [0.29, 0.717) is 18.0 Å². The Morgan fingerprint density at radius 3 is 2.35 bits per heavy atom. The van der Waals surface area contributed by atoms with E-state index in [1.54, 1.807) is 7.11 Å². The summed E-state index contributed by atoms with van der Waals surface area (Å²) in [4.78, 5) is 13.1. The number of nitrogens with zero attached hydrogens (tertiary/aromatic N) is 1. The van der Waals surface area contributed by atoms with Gasteiger partial charge in [0.2, 0.25) is 0 Å². The minimum absolute atomic E-state index is 0.199. The molecule has 20 heavy (non-hydrogen) atoms. The fourth-order valence-corrected chi connectivity index (χ4v) is 3.84. The number of ether oxygens (including phenoxy) is 1. The van der Waals surface area contributed by atoms with Crippen molar-refractivity contribution < 1.29 is 14.6 Å². The lowest BCUT2D eigenvalue weighted by Crippen LogP contribution is -2.44. The van der Waals surface area contributed by atoms with Gasteiger partial charge in [-0.25, -0.2) is 0 Å². The third-order valence-corrected chi connectivity index (χ3v) is 4.79. The molecule has 2 aliphatic rings. The fourth-order valence-electron chi connectivity index (χ4n) is 3.84. The van der Waals surface area contributed by atoms with Gasteiger partial charge in [0.1, 0.15) is 5.75 Å². The molecule has 2 heterocycles. The van der Waals surface area contributed by atoms with Gasteiger partial charge in [-0.2, -0.15) is 0 Å². The molecule has 2 aliphatic heterocycles. The van der Waals surface area contributed by atoms with Crippen LogP contribution in [0.4, 0.5) is 0 Å². The minimum Gasteiger partial charge on any atom is -0.497 e. The van der Waals surface area contributed by atoms with Gasteiger partial charge in [-0.15, -0.1) is 0 Å². The molecule has 0 radical (unpaired) electrons. The summed E-state index contributed by atoms with van der Waals surface area (Å²) in [5.41, 5.74) is 1.36. The quantitative estimate of drug-likeness (QED) is 0.917. The largest absolute Gasteiger partial charge is 0.497 e. The molecule has 0 aromatic heterocycles. The Balaban J connectivity index is 1.71. The highest BCUT2D eigenvalue weighted by molar-refractivity contribution is 5.69. The van der Waals surface area contributed by atoms with Gasteiger partial charge in [0.25, 0.3) is 0 Å². The number of rotatable bonds is 4. The van der Waals surface area contributed by atoms with Crippen molar-refractivity contribution in [3.8, 4) is 5.75 Å². The maximum Gasteiger partial charge on any atom is 0.317 e. The van der Waals surface area contributed by atoms with Crippen molar-refractivity contribution in [2.75, 3.05) is 13.7 Å². The van der Waals surface area contributed by atoms with Crippen LogP contribution in [-0.4, -0.2) is 41.7 Å². The molecular weight excluding hydrogens is 254 g/mol. The summed E-state index contributed by atoms with van der Waals surface area (Å²) in [6.45, 7) is 0.199. The van der Waals surface area contributed by atoms with Crippen LogP contribution in [0.1, 0.15) is 37.2 Å². The molecule has 4 nitrogen and oxygen atoms in total. The van der Waals surface area contributed by atoms with Gasteiger partial charge in [0.15, 0.2) is 0 Å². The third-order valence-electron chi connectivity index (χ3n) is 4.79. The van der Waals surface area contributed by atoms with Crippen molar-refractivity contribution in [1.82, 2.24) is 4.90 Å². The van der Waals surface area contributed by atoms with Gasteiger partial charge >= 0.3 is 5.97 Å². The summed E-state index contributed by atoms with van der Waals surface area (Å²) in [6, 6.07) is 9.21. The first-order valence-corrected chi connectivity index (χ1v) is 7.29. The van der Waals surface area contributed by atoms with E-state index in [4.69, 9.17) is 9.84 Å². The zero-order valence-corrected chi connectivity index (χ0v) is 11.8. The van der Waals surface area contributed by atoms with E-state index in [0.717, 1.165) is 31.4 Å². The molecule has 1 aromatic rings. The normalized spacial score (nSPS) is 29.4. The Kier molecular flexibility index (Phi) is 3.66. The maximum atomic E-state index is 11.0. The van der Waals surface area contributed by atoms with Crippen molar-refractivity contribution in [2.24, 2.45) is 0 Å². The van der Waals surface area contributed by atoms with Crippen LogP contribution in [-0.2, 0) is 4.79 Å². The van der Waals surface area contributed by atoms with Gasteiger partial charge in [0, 0.05) is 12.1 Å². The number of hydrogen-bond donors (Lipinski definition) is 1. The lowest BCUT2D eigenvalue weighted by Gasteiger charge is -2.38. The molecule has 1 aromatic carbocycles. The van der Waals surface area contributed by atoms with Crippen LogP contribution >= 0.6 is 0 Å². The standard InChI is InChI=1S/C16H21NO3/c1-20-15-6-2-11(3-7-15)12-8-13-4-5-14(9-12)17(13)10-16(18)19/h2-3,6-7,12-14H,4-5,8-10H2,1H3,(H,18,19)/t12?,13-,14+. The molecule has 0 amide bonds. The number of carboxylic acids is 1. The average molecular weight is 275 g/mol. The van der Waals surface area contributed by atoms with Gasteiger partial charge < -0.3 is 9.84 Å². The summed E-state index contributed by atoms with van der Waals surface area (Å²) in [5, 5.41) is 9.01. The van der Waals surface area contributed by atoms with Crippen LogP contribution in [0, 0.1) is 0 Å². The van der Waals surface area contributed by atoms with Crippen LogP contribution in [0.2, 0.25) is 0 Å². The number of benzene rings is 1. The van der Waals surface area contributed by atoms with Gasteiger partial charge in [0.05, 0.1) is 13.7 Å². The van der Waals surface area contributed by atoms with E-state index in [2.05, 4.69) is 17.0 Å². The summed E-state index contributed by atoms with van der Waals surface area (Å²) in [7, 11) is 1.68. The Hall–Kier alpha value is -1.55. The second-order valence-corrected chi connectivity index (χ2v) is 5.89. The molecular formula is C16H21NO3. The first kappa shape index (κ1) is 13.4. The Morgan fingerprint density at radius 2 is 1.85 bits per heavy atom. The van der Waals surface area contributed by atoms with E-state index in [1.165, 1.54) is 5.56 Å². The Bertz CT molecular complexity index is 471. The van der Waals surface area contributed by atoms with E-state index in [1.807, 2.05) is 12.1 Å². The molecule has 4 heteroatoms. The first-order chi connectivity index (χ1) is 9.67. The average Bonchev–Trinajstić information content (AvgIpc) is 2.69. The number of hydrogen-bond acceptors (Lipinski definition) is 3. The molecule has 2 fully saturated rings.